The molecule has 10 nitrogen and oxygen atoms in total. The van der Waals surface area contributed by atoms with E-state index in [1.165, 1.54) is 0 Å². The Balaban J connectivity index is 1.66. The van der Waals surface area contributed by atoms with Crippen molar-refractivity contribution in [3.05, 3.63) is 72.7 Å². The number of benzene rings is 1. The number of aliphatic hydroxyl groups excluding tert-OH is 1. The zero-order valence-electron chi connectivity index (χ0n) is 33.3. The number of hydrogen-bond donors (Lipinski definition) is 1. The molecule has 0 atom stereocenters. The molecule has 1 aromatic carbocycles. The van der Waals surface area contributed by atoms with E-state index in [9.17, 15) is 5.11 Å². The van der Waals surface area contributed by atoms with Crippen molar-refractivity contribution in [3.63, 3.8) is 0 Å². The molecule has 53 heavy (non-hydrogen) atoms. The van der Waals surface area contributed by atoms with Crippen LogP contribution in [-0.2, 0) is 18.9 Å². The standard InChI is InChI=1S/C41H61N5O5Si2/c1-10-51-31(2)37-38(33-18-20-41(28-47,48-3)21-19-33)44-39-35(34-16-17-36(42-26-34)32-14-12-11-13-15-32)27-43-46(39)40(37)45(29-49-22-24-52(4,5)6)30-50-23-25-53(7,8)9/h11-17,26-27,33,47H,2,10,18-25,28-30H2,1,3-9H3. The number of methoxy groups -OCH3 is 1. The first kappa shape index (κ1) is 40.8. The zero-order valence-corrected chi connectivity index (χ0v) is 35.3. The van der Waals surface area contributed by atoms with Crippen molar-refractivity contribution >= 4 is 33.4 Å². The predicted molar refractivity (Wildman–Crippen MR) is 221 cm³/mol. The van der Waals surface area contributed by atoms with Crippen molar-refractivity contribution in [3.8, 4) is 22.4 Å². The highest BCUT2D eigenvalue weighted by atomic mass is 28.3. The van der Waals surface area contributed by atoms with Crippen molar-refractivity contribution in [2.75, 3.05) is 51.9 Å². The van der Waals surface area contributed by atoms with Gasteiger partial charge in [0.2, 0.25) is 0 Å². The first-order valence-electron chi connectivity index (χ1n) is 19.1. The van der Waals surface area contributed by atoms with Gasteiger partial charge >= 0.3 is 0 Å². The predicted octanol–water partition coefficient (Wildman–Crippen LogP) is 8.93. The van der Waals surface area contributed by atoms with Crippen LogP contribution in [0.2, 0.25) is 51.4 Å². The van der Waals surface area contributed by atoms with Crippen LogP contribution >= 0.6 is 0 Å². The maximum Gasteiger partial charge on any atom is 0.165 e. The van der Waals surface area contributed by atoms with Gasteiger partial charge in [-0.15, -0.1) is 0 Å². The minimum absolute atomic E-state index is 0.0114. The summed E-state index contributed by atoms with van der Waals surface area (Å²) < 4.78 is 26.9. The number of anilines is 1. The van der Waals surface area contributed by atoms with Crippen LogP contribution in [0.3, 0.4) is 0 Å². The molecular weight excluding hydrogens is 699 g/mol. The van der Waals surface area contributed by atoms with Gasteiger partial charge in [-0.25, -0.2) is 4.98 Å². The summed E-state index contributed by atoms with van der Waals surface area (Å²) in [4.78, 5) is 12.4. The Bertz CT molecular complexity index is 1750. The molecule has 0 bridgehead atoms. The van der Waals surface area contributed by atoms with Crippen molar-refractivity contribution in [2.45, 2.75) is 95.5 Å². The highest BCUT2D eigenvalue weighted by molar-refractivity contribution is 6.76. The molecule has 288 valence electrons. The van der Waals surface area contributed by atoms with Gasteiger partial charge in [-0.2, -0.15) is 9.61 Å². The first-order valence-corrected chi connectivity index (χ1v) is 26.5. The lowest BCUT2D eigenvalue weighted by molar-refractivity contribution is -0.0785. The number of ether oxygens (including phenoxy) is 4. The number of aliphatic hydroxyl groups is 1. The van der Waals surface area contributed by atoms with Crippen molar-refractivity contribution < 1.29 is 24.1 Å². The molecule has 3 aromatic heterocycles. The summed E-state index contributed by atoms with van der Waals surface area (Å²) >= 11 is 0. The third-order valence-corrected chi connectivity index (χ3v) is 13.6. The fourth-order valence-corrected chi connectivity index (χ4v) is 8.26. The molecule has 0 spiro atoms. The Morgan fingerprint density at radius 1 is 0.925 bits per heavy atom. The zero-order chi connectivity index (χ0) is 38.2. The molecule has 0 unspecified atom stereocenters. The van der Waals surface area contributed by atoms with Crippen LogP contribution in [0.15, 0.2) is 61.4 Å². The van der Waals surface area contributed by atoms with Crippen molar-refractivity contribution in [1.82, 2.24) is 19.6 Å². The van der Waals surface area contributed by atoms with Gasteiger partial charge in [0.25, 0.3) is 0 Å². The van der Waals surface area contributed by atoms with E-state index >= 15 is 0 Å². The van der Waals surface area contributed by atoms with Gasteiger partial charge in [-0.05, 0) is 50.8 Å². The van der Waals surface area contributed by atoms with Gasteiger partial charge in [0.05, 0.1) is 42.0 Å². The van der Waals surface area contributed by atoms with Crippen molar-refractivity contribution in [2.24, 2.45) is 0 Å². The second-order valence-electron chi connectivity index (χ2n) is 16.7. The minimum Gasteiger partial charge on any atom is -0.494 e. The smallest absolute Gasteiger partial charge is 0.165 e. The summed E-state index contributed by atoms with van der Waals surface area (Å²) in [6.45, 7) is 23.0. The van der Waals surface area contributed by atoms with E-state index < -0.39 is 21.7 Å². The molecule has 0 saturated heterocycles. The van der Waals surface area contributed by atoms with E-state index in [0.29, 0.717) is 51.9 Å². The monoisotopic (exact) mass is 759 g/mol. The third-order valence-electron chi connectivity index (χ3n) is 10.2. The summed E-state index contributed by atoms with van der Waals surface area (Å²) in [6, 6.07) is 16.4. The third kappa shape index (κ3) is 10.4. The molecule has 1 aliphatic carbocycles. The summed E-state index contributed by atoms with van der Waals surface area (Å²) in [7, 11) is -0.946. The molecule has 0 radical (unpaired) electrons. The Kier molecular flexibility index (Phi) is 13.7. The van der Waals surface area contributed by atoms with Gasteiger partial charge in [0.1, 0.15) is 25.0 Å². The number of pyridine rings is 1. The van der Waals surface area contributed by atoms with E-state index in [-0.39, 0.29) is 12.5 Å². The fraction of sp³-hybridized carbons (Fsp3) is 0.537. The van der Waals surface area contributed by atoms with Crippen LogP contribution in [0, 0.1) is 0 Å². The number of aromatic nitrogens is 4. The Hall–Kier alpha value is -3.40. The summed E-state index contributed by atoms with van der Waals surface area (Å²) in [6.07, 6.45) is 6.79. The maximum absolute atomic E-state index is 10.3. The summed E-state index contributed by atoms with van der Waals surface area (Å²) in [5, 5.41) is 15.3. The minimum atomic E-state index is -1.32. The SMILES string of the molecule is C=C(OCC)c1c(C2CCC(CO)(OC)CC2)nc2c(-c3ccc(-c4ccccc4)nc3)cnn2c1N(COCC[Si](C)(C)C)COCC[Si](C)(C)C. The van der Waals surface area contributed by atoms with E-state index in [0.717, 1.165) is 70.0 Å². The van der Waals surface area contributed by atoms with E-state index in [1.54, 1.807) is 7.11 Å². The molecule has 1 fully saturated rings. The second-order valence-corrected chi connectivity index (χ2v) is 27.9. The average Bonchev–Trinajstić information content (AvgIpc) is 3.57. The van der Waals surface area contributed by atoms with Gasteiger partial charge in [-0.3, -0.25) is 4.98 Å². The van der Waals surface area contributed by atoms with Crippen LogP contribution in [0.1, 0.15) is 49.8 Å². The van der Waals surface area contributed by atoms with Crippen molar-refractivity contribution in [1.29, 1.82) is 0 Å². The highest BCUT2D eigenvalue weighted by Gasteiger charge is 2.38. The van der Waals surface area contributed by atoms with E-state index in [4.69, 9.17) is 34.0 Å². The Labute approximate surface area is 318 Å². The molecule has 4 aromatic rings. The number of fused-ring (bicyclic) bond motifs is 1. The maximum atomic E-state index is 10.3. The normalized spacial score (nSPS) is 18.0. The summed E-state index contributed by atoms with van der Waals surface area (Å²) in [5.41, 5.74) is 5.65. The van der Waals surface area contributed by atoms with Crippen LogP contribution < -0.4 is 4.90 Å². The molecule has 0 aliphatic heterocycles. The van der Waals surface area contributed by atoms with Gasteiger partial charge in [0.15, 0.2) is 5.65 Å². The summed E-state index contributed by atoms with van der Waals surface area (Å²) in [5.74, 6) is 1.40. The Morgan fingerprint density at radius 2 is 1.57 bits per heavy atom. The van der Waals surface area contributed by atoms with Gasteiger partial charge in [-0.1, -0.05) is 82.3 Å². The number of rotatable bonds is 19. The molecule has 1 N–H and O–H groups in total. The number of nitrogens with zero attached hydrogens (tertiary/aromatic N) is 5. The van der Waals surface area contributed by atoms with E-state index in [2.05, 4.69) is 69.0 Å². The molecule has 12 heteroatoms. The largest absolute Gasteiger partial charge is 0.494 e. The lowest BCUT2D eigenvalue weighted by atomic mass is 9.76. The van der Waals surface area contributed by atoms with Crippen LogP contribution in [-0.4, -0.2) is 93.4 Å². The topological polar surface area (TPSA) is 103 Å². The molecular formula is C41H61N5O5Si2. The van der Waals surface area contributed by atoms with Crippen LogP contribution in [0.4, 0.5) is 5.82 Å². The highest BCUT2D eigenvalue weighted by Crippen LogP contribution is 2.44. The second kappa shape index (κ2) is 17.8. The molecule has 5 rings (SSSR count). The van der Waals surface area contributed by atoms with E-state index in [1.807, 2.05) is 48.1 Å². The lowest BCUT2D eigenvalue weighted by Gasteiger charge is -2.38. The molecule has 0 amide bonds. The molecule has 1 aliphatic rings. The fourth-order valence-electron chi connectivity index (χ4n) is 6.74. The number of hydrogen-bond acceptors (Lipinski definition) is 9. The average molecular weight is 760 g/mol. The molecule has 3 heterocycles. The molecule has 1 saturated carbocycles. The lowest BCUT2D eigenvalue weighted by Crippen LogP contribution is -2.39. The van der Waals surface area contributed by atoms with Gasteiger partial charge < -0.3 is 29.0 Å². The van der Waals surface area contributed by atoms with Gasteiger partial charge in [0, 0.05) is 65.3 Å². The van der Waals surface area contributed by atoms with Crippen LogP contribution in [0.25, 0.3) is 33.8 Å². The Morgan fingerprint density at radius 3 is 2.09 bits per heavy atom. The van der Waals surface area contributed by atoms with Crippen LogP contribution in [0.5, 0.6) is 0 Å². The first-order chi connectivity index (χ1) is 25.3. The quantitative estimate of drug-likeness (QED) is 0.0435.